The molecular formula is C20H27ClN2O4. The number of rotatable bonds is 7. The molecule has 0 atom stereocenters. The molecule has 0 spiro atoms. The van der Waals surface area contributed by atoms with Crippen molar-refractivity contribution in [1.29, 1.82) is 0 Å². The first kappa shape index (κ1) is 20.1. The van der Waals surface area contributed by atoms with Gasteiger partial charge in [-0.2, -0.15) is 0 Å². The van der Waals surface area contributed by atoms with Gasteiger partial charge in [0.1, 0.15) is 0 Å². The van der Waals surface area contributed by atoms with Gasteiger partial charge in [0.2, 0.25) is 5.91 Å². The SMILES string of the molecule is CCN(CC(=O)O)C1CC(NC(=O)C2(c3cccc(Cl)c3)CCOCC2)C1. The van der Waals surface area contributed by atoms with Gasteiger partial charge in [-0.3, -0.25) is 14.5 Å². The number of ether oxygens (including phenoxy) is 1. The van der Waals surface area contributed by atoms with Gasteiger partial charge in [-0.25, -0.2) is 0 Å². The molecule has 0 bridgehead atoms. The van der Waals surface area contributed by atoms with E-state index in [2.05, 4.69) is 5.32 Å². The van der Waals surface area contributed by atoms with Crippen LogP contribution in [0.15, 0.2) is 24.3 Å². The predicted molar refractivity (Wildman–Crippen MR) is 103 cm³/mol. The molecule has 1 saturated carbocycles. The number of nitrogens with zero attached hydrogens (tertiary/aromatic N) is 1. The second kappa shape index (κ2) is 8.59. The first-order chi connectivity index (χ1) is 12.9. The van der Waals surface area contributed by atoms with Crippen LogP contribution >= 0.6 is 11.6 Å². The standard InChI is InChI=1S/C20H27ClN2O4/c1-2-23(13-18(24)25)17-11-16(12-17)22-19(26)20(6-8-27-9-7-20)14-4-3-5-15(21)10-14/h3-5,10,16-17H,2,6-9,11-13H2,1H3,(H,22,26)(H,24,25). The zero-order valence-electron chi connectivity index (χ0n) is 15.6. The van der Waals surface area contributed by atoms with Crippen molar-refractivity contribution in [2.75, 3.05) is 26.3 Å². The Morgan fingerprint density at radius 2 is 2.04 bits per heavy atom. The second-order valence-corrected chi connectivity index (χ2v) is 7.89. The lowest BCUT2D eigenvalue weighted by molar-refractivity contribution is -0.140. The van der Waals surface area contributed by atoms with Crippen LogP contribution in [0.5, 0.6) is 0 Å². The van der Waals surface area contributed by atoms with Crippen molar-refractivity contribution in [1.82, 2.24) is 10.2 Å². The molecule has 0 radical (unpaired) electrons. The maximum absolute atomic E-state index is 13.2. The minimum atomic E-state index is -0.813. The van der Waals surface area contributed by atoms with E-state index in [9.17, 15) is 9.59 Å². The number of halogens is 1. The third-order valence-electron chi connectivity index (χ3n) is 5.87. The highest BCUT2D eigenvalue weighted by Crippen LogP contribution is 2.37. The summed E-state index contributed by atoms with van der Waals surface area (Å²) in [5.41, 5.74) is 0.326. The van der Waals surface area contributed by atoms with Gasteiger partial charge in [-0.05, 0) is 49.9 Å². The second-order valence-electron chi connectivity index (χ2n) is 7.46. The molecule has 0 aromatic heterocycles. The number of likely N-dealkylation sites (N-methyl/N-ethyl adjacent to an activating group) is 1. The Labute approximate surface area is 164 Å². The van der Waals surface area contributed by atoms with E-state index in [1.807, 2.05) is 36.1 Å². The van der Waals surface area contributed by atoms with Crippen LogP contribution in [0, 0.1) is 0 Å². The molecule has 1 heterocycles. The Morgan fingerprint density at radius 1 is 1.33 bits per heavy atom. The molecule has 148 valence electrons. The molecule has 27 heavy (non-hydrogen) atoms. The molecule has 1 aliphatic carbocycles. The van der Waals surface area contributed by atoms with Gasteiger partial charge in [0.25, 0.3) is 0 Å². The molecule has 1 saturated heterocycles. The van der Waals surface area contributed by atoms with E-state index in [-0.39, 0.29) is 24.5 Å². The monoisotopic (exact) mass is 394 g/mol. The van der Waals surface area contributed by atoms with Crippen molar-refractivity contribution in [3.63, 3.8) is 0 Å². The number of carbonyl (C=O) groups is 2. The van der Waals surface area contributed by atoms with Crippen molar-refractivity contribution in [3.05, 3.63) is 34.9 Å². The van der Waals surface area contributed by atoms with Crippen LogP contribution < -0.4 is 5.32 Å². The Hall–Kier alpha value is -1.63. The molecule has 3 rings (SSSR count). The lowest BCUT2D eigenvalue weighted by atomic mass is 9.72. The predicted octanol–water partition coefficient (Wildman–Crippen LogP) is 2.44. The van der Waals surface area contributed by atoms with Crippen LogP contribution in [-0.2, 0) is 19.7 Å². The van der Waals surface area contributed by atoms with Crippen LogP contribution in [0.1, 0.15) is 38.2 Å². The van der Waals surface area contributed by atoms with Crippen LogP contribution in [0.3, 0.4) is 0 Å². The number of amides is 1. The summed E-state index contributed by atoms with van der Waals surface area (Å²) in [5.74, 6) is -0.788. The zero-order chi connectivity index (χ0) is 19.4. The molecule has 7 heteroatoms. The Morgan fingerprint density at radius 3 is 2.63 bits per heavy atom. The number of carbonyl (C=O) groups excluding carboxylic acids is 1. The fourth-order valence-corrected chi connectivity index (χ4v) is 4.34. The normalized spacial score (nSPS) is 24.3. The Kier molecular flexibility index (Phi) is 6.40. The van der Waals surface area contributed by atoms with E-state index in [0.717, 1.165) is 18.4 Å². The highest BCUT2D eigenvalue weighted by atomic mass is 35.5. The summed E-state index contributed by atoms with van der Waals surface area (Å²) in [5, 5.41) is 12.8. The number of aliphatic carboxylic acids is 1. The summed E-state index contributed by atoms with van der Waals surface area (Å²) in [6.07, 6.45) is 2.84. The lowest BCUT2D eigenvalue weighted by Gasteiger charge is -2.44. The summed E-state index contributed by atoms with van der Waals surface area (Å²) >= 11 is 6.17. The third kappa shape index (κ3) is 4.45. The maximum Gasteiger partial charge on any atom is 0.317 e. The van der Waals surface area contributed by atoms with Crippen LogP contribution in [0.25, 0.3) is 0 Å². The summed E-state index contributed by atoms with van der Waals surface area (Å²) in [7, 11) is 0. The summed E-state index contributed by atoms with van der Waals surface area (Å²) in [6, 6.07) is 7.84. The van der Waals surface area contributed by atoms with E-state index in [1.165, 1.54) is 0 Å². The molecule has 1 aliphatic heterocycles. The number of carboxylic acid groups (broad SMARTS) is 1. The summed E-state index contributed by atoms with van der Waals surface area (Å²) in [6.45, 7) is 3.81. The molecule has 2 N–H and O–H groups in total. The topological polar surface area (TPSA) is 78.9 Å². The highest BCUT2D eigenvalue weighted by molar-refractivity contribution is 6.30. The summed E-state index contributed by atoms with van der Waals surface area (Å²) < 4.78 is 5.50. The molecule has 2 aliphatic rings. The molecule has 1 aromatic carbocycles. The molecule has 1 amide bonds. The minimum Gasteiger partial charge on any atom is -0.480 e. The van der Waals surface area contributed by atoms with E-state index in [1.54, 1.807) is 0 Å². The molecule has 0 unspecified atom stereocenters. The van der Waals surface area contributed by atoms with Crippen LogP contribution in [0.4, 0.5) is 0 Å². The molecular weight excluding hydrogens is 368 g/mol. The molecule has 2 fully saturated rings. The highest BCUT2D eigenvalue weighted by Gasteiger charge is 2.44. The maximum atomic E-state index is 13.2. The largest absolute Gasteiger partial charge is 0.480 e. The van der Waals surface area contributed by atoms with Crippen molar-refractivity contribution < 1.29 is 19.4 Å². The fraction of sp³-hybridized carbons (Fsp3) is 0.600. The van der Waals surface area contributed by atoms with Gasteiger partial charge >= 0.3 is 5.97 Å². The number of nitrogens with one attached hydrogen (secondary N) is 1. The number of hydrogen-bond donors (Lipinski definition) is 2. The Balaban J connectivity index is 1.66. The van der Waals surface area contributed by atoms with E-state index in [0.29, 0.717) is 37.6 Å². The first-order valence-corrected chi connectivity index (χ1v) is 9.93. The number of benzene rings is 1. The van der Waals surface area contributed by atoms with Gasteiger partial charge in [-0.15, -0.1) is 0 Å². The zero-order valence-corrected chi connectivity index (χ0v) is 16.4. The van der Waals surface area contributed by atoms with Crippen molar-refractivity contribution in [3.8, 4) is 0 Å². The van der Waals surface area contributed by atoms with Gasteiger partial charge in [0.05, 0.1) is 12.0 Å². The van der Waals surface area contributed by atoms with Crippen molar-refractivity contribution >= 4 is 23.5 Å². The van der Waals surface area contributed by atoms with E-state index in [4.69, 9.17) is 21.4 Å². The van der Waals surface area contributed by atoms with Gasteiger partial charge in [-0.1, -0.05) is 30.7 Å². The average Bonchev–Trinajstić information content (AvgIpc) is 2.63. The molecule has 6 nitrogen and oxygen atoms in total. The minimum absolute atomic E-state index is 0.0257. The Bertz CT molecular complexity index is 684. The molecule has 1 aromatic rings. The fourth-order valence-electron chi connectivity index (χ4n) is 4.15. The summed E-state index contributed by atoms with van der Waals surface area (Å²) in [4.78, 5) is 26.2. The average molecular weight is 395 g/mol. The quantitative estimate of drug-likeness (QED) is 0.742. The smallest absolute Gasteiger partial charge is 0.317 e. The number of carboxylic acids is 1. The number of hydrogen-bond acceptors (Lipinski definition) is 4. The third-order valence-corrected chi connectivity index (χ3v) is 6.10. The van der Waals surface area contributed by atoms with Gasteiger partial charge < -0.3 is 15.2 Å². The van der Waals surface area contributed by atoms with Crippen molar-refractivity contribution in [2.45, 2.75) is 50.1 Å². The van der Waals surface area contributed by atoms with Crippen molar-refractivity contribution in [2.24, 2.45) is 0 Å². The van der Waals surface area contributed by atoms with Gasteiger partial charge in [0.15, 0.2) is 0 Å². The van der Waals surface area contributed by atoms with Crippen LogP contribution in [0.2, 0.25) is 5.02 Å². The van der Waals surface area contributed by atoms with E-state index < -0.39 is 11.4 Å². The lowest BCUT2D eigenvalue weighted by Crippen LogP contribution is -2.58. The van der Waals surface area contributed by atoms with Crippen LogP contribution in [-0.4, -0.2) is 60.3 Å². The van der Waals surface area contributed by atoms with E-state index >= 15 is 0 Å². The first-order valence-electron chi connectivity index (χ1n) is 9.55. The van der Waals surface area contributed by atoms with Gasteiger partial charge in [0, 0.05) is 30.3 Å².